The van der Waals surface area contributed by atoms with Crippen molar-refractivity contribution in [3.63, 3.8) is 0 Å². The molecule has 1 aromatic rings. The molecule has 1 heterocycles. The van der Waals surface area contributed by atoms with E-state index in [9.17, 15) is 0 Å². The highest BCUT2D eigenvalue weighted by Crippen LogP contribution is 2.37. The second kappa shape index (κ2) is 5.93. The standard InChI is InChI=1S/C15H25IN2/c1-5-13-15(16)14(6-2)18(17-13)12-8-7-10(3)11(4)9-12/h10-12H,5-9H2,1-4H3. The van der Waals surface area contributed by atoms with Gasteiger partial charge in [-0.25, -0.2) is 0 Å². The van der Waals surface area contributed by atoms with Crippen LogP contribution in [0.5, 0.6) is 0 Å². The average Bonchev–Trinajstić information content (AvgIpc) is 2.69. The molecule has 18 heavy (non-hydrogen) atoms. The number of aromatic nitrogens is 2. The number of rotatable bonds is 3. The van der Waals surface area contributed by atoms with Crippen molar-refractivity contribution in [1.82, 2.24) is 9.78 Å². The van der Waals surface area contributed by atoms with E-state index in [4.69, 9.17) is 5.10 Å². The summed E-state index contributed by atoms with van der Waals surface area (Å²) < 4.78 is 3.77. The van der Waals surface area contributed by atoms with E-state index in [1.807, 2.05) is 0 Å². The molecule has 0 amide bonds. The lowest BCUT2D eigenvalue weighted by Crippen LogP contribution is -2.25. The lowest BCUT2D eigenvalue weighted by atomic mass is 9.79. The fraction of sp³-hybridized carbons (Fsp3) is 0.800. The molecule has 3 heteroatoms. The van der Waals surface area contributed by atoms with E-state index in [0.29, 0.717) is 6.04 Å². The van der Waals surface area contributed by atoms with Gasteiger partial charge in [0, 0.05) is 0 Å². The van der Waals surface area contributed by atoms with Gasteiger partial charge in [0.15, 0.2) is 0 Å². The summed E-state index contributed by atoms with van der Waals surface area (Å²) in [4.78, 5) is 0. The van der Waals surface area contributed by atoms with Crippen LogP contribution in [0.4, 0.5) is 0 Å². The van der Waals surface area contributed by atoms with Crippen LogP contribution < -0.4 is 0 Å². The van der Waals surface area contributed by atoms with Crippen LogP contribution in [0, 0.1) is 15.4 Å². The molecule has 1 aliphatic rings. The van der Waals surface area contributed by atoms with Gasteiger partial charge in [0.25, 0.3) is 0 Å². The highest BCUT2D eigenvalue weighted by Gasteiger charge is 2.28. The van der Waals surface area contributed by atoms with Crippen molar-refractivity contribution in [2.45, 2.75) is 65.8 Å². The molecule has 1 saturated carbocycles. The maximum Gasteiger partial charge on any atom is 0.0758 e. The largest absolute Gasteiger partial charge is 0.265 e. The van der Waals surface area contributed by atoms with Crippen LogP contribution in [0.2, 0.25) is 0 Å². The summed E-state index contributed by atoms with van der Waals surface area (Å²) in [6.45, 7) is 9.26. The van der Waals surface area contributed by atoms with E-state index in [0.717, 1.165) is 24.7 Å². The van der Waals surface area contributed by atoms with Crippen molar-refractivity contribution >= 4 is 22.6 Å². The minimum atomic E-state index is 0.639. The molecule has 3 atom stereocenters. The number of halogens is 1. The molecule has 0 N–H and O–H groups in total. The van der Waals surface area contributed by atoms with Crippen LogP contribution in [-0.4, -0.2) is 9.78 Å². The molecular weight excluding hydrogens is 335 g/mol. The van der Waals surface area contributed by atoms with Gasteiger partial charge in [-0.2, -0.15) is 5.10 Å². The molecule has 102 valence electrons. The first-order chi connectivity index (χ1) is 8.58. The summed E-state index contributed by atoms with van der Waals surface area (Å²) in [6.07, 6.45) is 6.12. The second-order valence-corrected chi connectivity index (χ2v) is 6.86. The van der Waals surface area contributed by atoms with E-state index in [1.165, 1.54) is 34.2 Å². The first-order valence-corrected chi connectivity index (χ1v) is 8.42. The van der Waals surface area contributed by atoms with E-state index in [2.05, 4.69) is 55.0 Å². The minimum absolute atomic E-state index is 0.639. The van der Waals surface area contributed by atoms with Crippen molar-refractivity contribution in [3.05, 3.63) is 15.0 Å². The zero-order valence-electron chi connectivity index (χ0n) is 12.0. The maximum absolute atomic E-state index is 4.89. The topological polar surface area (TPSA) is 17.8 Å². The smallest absolute Gasteiger partial charge is 0.0758 e. The Morgan fingerprint density at radius 3 is 2.44 bits per heavy atom. The van der Waals surface area contributed by atoms with Gasteiger partial charge in [-0.05, 0) is 66.5 Å². The first kappa shape index (κ1) is 14.4. The maximum atomic E-state index is 4.89. The van der Waals surface area contributed by atoms with Crippen molar-refractivity contribution in [2.24, 2.45) is 11.8 Å². The number of aryl methyl sites for hydroxylation is 1. The van der Waals surface area contributed by atoms with Gasteiger partial charge in [0.05, 0.1) is 21.0 Å². The normalized spacial score (nSPS) is 28.6. The van der Waals surface area contributed by atoms with Crippen molar-refractivity contribution in [1.29, 1.82) is 0 Å². The Labute approximate surface area is 125 Å². The zero-order chi connectivity index (χ0) is 13.3. The molecule has 2 nitrogen and oxygen atoms in total. The van der Waals surface area contributed by atoms with Crippen LogP contribution >= 0.6 is 22.6 Å². The molecule has 0 saturated heterocycles. The van der Waals surface area contributed by atoms with Gasteiger partial charge in [-0.3, -0.25) is 4.68 Å². The van der Waals surface area contributed by atoms with Gasteiger partial charge < -0.3 is 0 Å². The van der Waals surface area contributed by atoms with Gasteiger partial charge in [0.1, 0.15) is 0 Å². The minimum Gasteiger partial charge on any atom is -0.265 e. The quantitative estimate of drug-likeness (QED) is 0.720. The van der Waals surface area contributed by atoms with Crippen LogP contribution in [0.1, 0.15) is 64.4 Å². The van der Waals surface area contributed by atoms with Crippen LogP contribution in [0.15, 0.2) is 0 Å². The molecule has 0 aromatic carbocycles. The molecule has 1 aromatic heterocycles. The fourth-order valence-corrected chi connectivity index (χ4v) is 4.21. The molecule has 0 bridgehead atoms. The van der Waals surface area contributed by atoms with Crippen molar-refractivity contribution < 1.29 is 0 Å². The Bertz CT molecular complexity index is 411. The summed E-state index contributed by atoms with van der Waals surface area (Å²) in [5.74, 6) is 1.71. The molecule has 3 unspecified atom stereocenters. The summed E-state index contributed by atoms with van der Waals surface area (Å²) >= 11 is 2.48. The van der Waals surface area contributed by atoms with Gasteiger partial charge >= 0.3 is 0 Å². The molecule has 1 fully saturated rings. The SMILES string of the molecule is CCc1nn(C2CCC(C)C(C)C2)c(CC)c1I. The number of nitrogens with zero attached hydrogens (tertiary/aromatic N) is 2. The van der Waals surface area contributed by atoms with E-state index >= 15 is 0 Å². The number of hydrogen-bond donors (Lipinski definition) is 0. The van der Waals surface area contributed by atoms with Crippen molar-refractivity contribution in [2.75, 3.05) is 0 Å². The highest BCUT2D eigenvalue weighted by molar-refractivity contribution is 14.1. The number of hydrogen-bond acceptors (Lipinski definition) is 1. The predicted octanol–water partition coefficient (Wildman–Crippen LogP) is 4.61. The van der Waals surface area contributed by atoms with Gasteiger partial charge in [-0.1, -0.05) is 27.7 Å². The van der Waals surface area contributed by atoms with Crippen LogP contribution in [0.25, 0.3) is 0 Å². The van der Waals surface area contributed by atoms with Gasteiger partial charge in [-0.15, -0.1) is 0 Å². The molecule has 1 aliphatic carbocycles. The van der Waals surface area contributed by atoms with Gasteiger partial charge in [0.2, 0.25) is 0 Å². The molecule has 0 aliphatic heterocycles. The Kier molecular flexibility index (Phi) is 4.73. The van der Waals surface area contributed by atoms with E-state index in [1.54, 1.807) is 0 Å². The average molecular weight is 360 g/mol. The zero-order valence-corrected chi connectivity index (χ0v) is 14.2. The molecular formula is C15H25IN2. The summed E-state index contributed by atoms with van der Waals surface area (Å²) in [6, 6.07) is 0.639. The Hall–Kier alpha value is -0.0600. The lowest BCUT2D eigenvalue weighted by Gasteiger charge is -2.33. The van der Waals surface area contributed by atoms with E-state index < -0.39 is 0 Å². The fourth-order valence-electron chi connectivity index (χ4n) is 3.09. The van der Waals surface area contributed by atoms with Crippen LogP contribution in [0.3, 0.4) is 0 Å². The molecule has 0 radical (unpaired) electrons. The molecule has 0 spiro atoms. The highest BCUT2D eigenvalue weighted by atomic mass is 127. The Morgan fingerprint density at radius 1 is 1.17 bits per heavy atom. The summed E-state index contributed by atoms with van der Waals surface area (Å²) in [5.41, 5.74) is 2.75. The second-order valence-electron chi connectivity index (χ2n) is 5.78. The lowest BCUT2D eigenvalue weighted by molar-refractivity contribution is 0.198. The third-order valence-corrected chi connectivity index (χ3v) is 5.84. The monoisotopic (exact) mass is 360 g/mol. The van der Waals surface area contributed by atoms with Crippen molar-refractivity contribution in [3.8, 4) is 0 Å². The van der Waals surface area contributed by atoms with Crippen LogP contribution in [-0.2, 0) is 12.8 Å². The third kappa shape index (κ3) is 2.61. The third-order valence-electron chi connectivity index (χ3n) is 4.60. The predicted molar refractivity (Wildman–Crippen MR) is 84.9 cm³/mol. The summed E-state index contributed by atoms with van der Waals surface area (Å²) in [7, 11) is 0. The molecule has 2 rings (SSSR count). The first-order valence-electron chi connectivity index (χ1n) is 7.34. The Balaban J connectivity index is 2.27. The van der Waals surface area contributed by atoms with E-state index in [-0.39, 0.29) is 0 Å². The Morgan fingerprint density at radius 2 is 1.89 bits per heavy atom. The summed E-state index contributed by atoms with van der Waals surface area (Å²) in [5, 5.41) is 4.89.